The molecule has 0 aromatic rings. The molecule has 1 aliphatic rings. The number of amides is 1. The Balaban J connectivity index is 2.54. The van der Waals surface area contributed by atoms with Gasteiger partial charge in [-0.2, -0.15) is 11.8 Å². The van der Waals surface area contributed by atoms with Crippen LogP contribution in [0, 0.1) is 12.3 Å². The summed E-state index contributed by atoms with van der Waals surface area (Å²) < 4.78 is 0. The van der Waals surface area contributed by atoms with E-state index in [2.05, 4.69) is 5.92 Å². The van der Waals surface area contributed by atoms with Gasteiger partial charge in [0.2, 0.25) is 5.91 Å². The number of rotatable bonds is 2. The Morgan fingerprint density at radius 1 is 1.86 bits per heavy atom. The van der Waals surface area contributed by atoms with E-state index in [1.165, 1.54) is 0 Å². The Kier molecular flexibility index (Phi) is 4.30. The van der Waals surface area contributed by atoms with Gasteiger partial charge in [-0.05, 0) is 6.92 Å². The number of hydrogen-bond donors (Lipinski definition) is 1. The monoisotopic (exact) mass is 212 g/mol. The molecule has 1 saturated heterocycles. The zero-order valence-corrected chi connectivity index (χ0v) is 9.22. The second-order valence-electron chi connectivity index (χ2n) is 3.47. The normalized spacial score (nSPS) is 24.1. The predicted octanol–water partition coefficient (Wildman–Crippen LogP) is 0.301. The van der Waals surface area contributed by atoms with E-state index < -0.39 is 6.04 Å². The van der Waals surface area contributed by atoms with Crippen LogP contribution in [0.5, 0.6) is 0 Å². The molecule has 0 spiro atoms. The Hall–Kier alpha value is -0.660. The van der Waals surface area contributed by atoms with Gasteiger partial charge in [-0.15, -0.1) is 12.3 Å². The number of carbonyl (C=O) groups excluding carboxylic acids is 1. The van der Waals surface area contributed by atoms with Gasteiger partial charge in [0, 0.05) is 30.5 Å². The minimum Gasteiger partial charge on any atom is -0.337 e. The van der Waals surface area contributed by atoms with Crippen LogP contribution in [-0.2, 0) is 4.79 Å². The van der Waals surface area contributed by atoms with Crippen LogP contribution in [0.25, 0.3) is 0 Å². The quantitative estimate of drug-likeness (QED) is 0.670. The Labute approximate surface area is 89.4 Å². The molecule has 0 saturated carbocycles. The molecular weight excluding hydrogens is 196 g/mol. The summed E-state index contributed by atoms with van der Waals surface area (Å²) in [5.74, 6) is 4.41. The number of nitrogens with two attached hydrogens (primary N) is 1. The van der Waals surface area contributed by atoms with Gasteiger partial charge in [-0.1, -0.05) is 0 Å². The topological polar surface area (TPSA) is 46.3 Å². The van der Waals surface area contributed by atoms with Crippen molar-refractivity contribution in [3.63, 3.8) is 0 Å². The average molecular weight is 212 g/mol. The van der Waals surface area contributed by atoms with Crippen LogP contribution in [0.1, 0.15) is 13.3 Å². The van der Waals surface area contributed by atoms with Crippen LogP contribution in [0.4, 0.5) is 0 Å². The predicted molar refractivity (Wildman–Crippen MR) is 59.9 cm³/mol. The number of thioether (sulfide) groups is 1. The lowest BCUT2D eigenvalue weighted by atomic mass is 10.1. The lowest BCUT2D eigenvalue weighted by Crippen LogP contribution is -2.51. The number of terminal acetylenes is 1. The van der Waals surface area contributed by atoms with Crippen LogP contribution in [0.15, 0.2) is 0 Å². The fourth-order valence-electron chi connectivity index (χ4n) is 1.48. The van der Waals surface area contributed by atoms with Gasteiger partial charge < -0.3 is 10.6 Å². The molecule has 78 valence electrons. The van der Waals surface area contributed by atoms with Crippen LogP contribution >= 0.6 is 11.8 Å². The molecule has 14 heavy (non-hydrogen) atoms. The van der Waals surface area contributed by atoms with Gasteiger partial charge in [-0.3, -0.25) is 4.79 Å². The Morgan fingerprint density at radius 3 is 3.14 bits per heavy atom. The summed E-state index contributed by atoms with van der Waals surface area (Å²) in [5.41, 5.74) is 5.68. The first-order chi connectivity index (χ1) is 6.66. The Morgan fingerprint density at radius 2 is 2.57 bits per heavy atom. The van der Waals surface area contributed by atoms with Crippen LogP contribution in [0.3, 0.4) is 0 Å². The van der Waals surface area contributed by atoms with E-state index in [1.807, 2.05) is 23.6 Å². The van der Waals surface area contributed by atoms with Crippen LogP contribution in [-0.4, -0.2) is 40.9 Å². The molecule has 4 heteroatoms. The maximum absolute atomic E-state index is 11.8. The van der Waals surface area contributed by atoms with Gasteiger partial charge in [0.15, 0.2) is 0 Å². The summed E-state index contributed by atoms with van der Waals surface area (Å²) in [5, 5.41) is 0. The molecule has 1 rings (SSSR count). The molecule has 0 aromatic heterocycles. The van der Waals surface area contributed by atoms with Crippen molar-refractivity contribution in [2.24, 2.45) is 5.73 Å². The van der Waals surface area contributed by atoms with E-state index in [4.69, 9.17) is 12.2 Å². The number of hydrogen-bond acceptors (Lipinski definition) is 3. The highest BCUT2D eigenvalue weighted by Gasteiger charge is 2.26. The van der Waals surface area contributed by atoms with Crippen molar-refractivity contribution < 1.29 is 4.79 Å². The Bertz CT molecular complexity index is 249. The van der Waals surface area contributed by atoms with Crippen LogP contribution in [0.2, 0.25) is 0 Å². The van der Waals surface area contributed by atoms with Crippen molar-refractivity contribution in [2.45, 2.75) is 25.4 Å². The zero-order valence-electron chi connectivity index (χ0n) is 8.40. The minimum absolute atomic E-state index is 0.00394. The number of carbonyl (C=O) groups is 1. The highest BCUT2D eigenvalue weighted by Crippen LogP contribution is 2.16. The second-order valence-corrected chi connectivity index (χ2v) is 4.62. The van der Waals surface area contributed by atoms with E-state index in [1.54, 1.807) is 0 Å². The lowest BCUT2D eigenvalue weighted by Gasteiger charge is -2.34. The first kappa shape index (κ1) is 11.4. The van der Waals surface area contributed by atoms with Gasteiger partial charge in [0.1, 0.15) is 0 Å². The summed E-state index contributed by atoms with van der Waals surface area (Å²) in [7, 11) is 0. The zero-order chi connectivity index (χ0) is 10.6. The standard InChI is InChI=1S/C10H16N2OS/c1-3-4-9(11)10(13)12-5-6-14-7-8(12)2/h1,8-9H,4-7,11H2,2H3. The highest BCUT2D eigenvalue weighted by molar-refractivity contribution is 7.99. The molecule has 0 aliphatic carbocycles. The second kappa shape index (κ2) is 5.28. The van der Waals surface area contributed by atoms with Crippen LogP contribution < -0.4 is 5.73 Å². The first-order valence-corrected chi connectivity index (χ1v) is 5.89. The molecule has 1 amide bonds. The lowest BCUT2D eigenvalue weighted by molar-refractivity contribution is -0.133. The minimum atomic E-state index is -0.523. The molecule has 1 aliphatic heterocycles. The average Bonchev–Trinajstić information content (AvgIpc) is 2.18. The van der Waals surface area contributed by atoms with E-state index >= 15 is 0 Å². The molecule has 1 fully saturated rings. The van der Waals surface area contributed by atoms with E-state index in [0.29, 0.717) is 6.42 Å². The van der Waals surface area contributed by atoms with Crippen molar-refractivity contribution in [3.05, 3.63) is 0 Å². The summed E-state index contributed by atoms with van der Waals surface area (Å²) >= 11 is 1.87. The molecule has 0 bridgehead atoms. The first-order valence-electron chi connectivity index (χ1n) is 4.74. The molecule has 2 N–H and O–H groups in total. The molecule has 3 nitrogen and oxygen atoms in total. The van der Waals surface area contributed by atoms with E-state index in [9.17, 15) is 4.79 Å². The highest BCUT2D eigenvalue weighted by atomic mass is 32.2. The molecule has 0 radical (unpaired) electrons. The third-order valence-electron chi connectivity index (χ3n) is 2.31. The van der Waals surface area contributed by atoms with Crippen molar-refractivity contribution in [2.75, 3.05) is 18.1 Å². The third-order valence-corrected chi connectivity index (χ3v) is 3.50. The fraction of sp³-hybridized carbons (Fsp3) is 0.700. The number of nitrogens with zero attached hydrogens (tertiary/aromatic N) is 1. The smallest absolute Gasteiger partial charge is 0.240 e. The van der Waals surface area contributed by atoms with E-state index in [0.717, 1.165) is 18.1 Å². The van der Waals surface area contributed by atoms with E-state index in [-0.39, 0.29) is 11.9 Å². The third kappa shape index (κ3) is 2.66. The van der Waals surface area contributed by atoms with Gasteiger partial charge >= 0.3 is 0 Å². The van der Waals surface area contributed by atoms with Gasteiger partial charge in [0.05, 0.1) is 6.04 Å². The van der Waals surface area contributed by atoms with Gasteiger partial charge in [0.25, 0.3) is 0 Å². The molecule has 0 aromatic carbocycles. The molecule has 2 atom stereocenters. The largest absolute Gasteiger partial charge is 0.337 e. The maximum Gasteiger partial charge on any atom is 0.240 e. The fourth-order valence-corrected chi connectivity index (χ4v) is 2.50. The summed E-state index contributed by atoms with van der Waals surface area (Å²) in [4.78, 5) is 13.6. The molecular formula is C10H16N2OS. The van der Waals surface area contributed by atoms with Crippen molar-refractivity contribution in [1.82, 2.24) is 4.90 Å². The SMILES string of the molecule is C#CCC(N)C(=O)N1CCSCC1C. The van der Waals surface area contributed by atoms with Gasteiger partial charge in [-0.25, -0.2) is 0 Å². The van der Waals surface area contributed by atoms with Crippen molar-refractivity contribution >= 4 is 17.7 Å². The maximum atomic E-state index is 11.8. The van der Waals surface area contributed by atoms with Crippen molar-refractivity contribution in [3.8, 4) is 12.3 Å². The molecule has 2 unspecified atom stereocenters. The molecule has 1 heterocycles. The van der Waals surface area contributed by atoms with Crippen molar-refractivity contribution in [1.29, 1.82) is 0 Å². The summed E-state index contributed by atoms with van der Waals surface area (Å²) in [6.07, 6.45) is 5.46. The summed E-state index contributed by atoms with van der Waals surface area (Å²) in [6, 6.07) is -0.240. The summed E-state index contributed by atoms with van der Waals surface area (Å²) in [6.45, 7) is 2.84.